The Morgan fingerprint density at radius 1 is 1.15 bits per heavy atom. The molecular weight excluding hydrogens is 330 g/mol. The molecule has 0 spiro atoms. The van der Waals surface area contributed by atoms with Crippen LogP contribution in [0.4, 0.5) is 5.82 Å². The van der Waals surface area contributed by atoms with Crippen LogP contribution in [0.1, 0.15) is 65.3 Å². The number of amides is 1. The fraction of sp³-hybridized carbons (Fsp3) is 0.750. The molecule has 0 radical (unpaired) electrons. The highest BCUT2D eigenvalue weighted by atomic mass is 16.5. The Labute approximate surface area is 154 Å². The normalized spacial score (nSPS) is 33.3. The summed E-state index contributed by atoms with van der Waals surface area (Å²) in [5, 5.41) is 7.05. The standard InChI is InChI=1S/C20H29N3O3/c1-12(2)23-17(4-5-21-23)22-18(24)13(3)26-19(25)20-9-14-6-15(10-20)8-16(7-14)11-20/h4-5,12-16H,6-11H2,1-3H3,(H,22,24). The lowest BCUT2D eigenvalue weighted by Crippen LogP contribution is -2.51. The number of aromatic nitrogens is 2. The van der Waals surface area contributed by atoms with Crippen LogP contribution in [0.5, 0.6) is 0 Å². The molecule has 4 aliphatic carbocycles. The van der Waals surface area contributed by atoms with Crippen molar-refractivity contribution in [3.8, 4) is 0 Å². The van der Waals surface area contributed by atoms with E-state index >= 15 is 0 Å². The van der Waals surface area contributed by atoms with E-state index in [1.165, 1.54) is 19.3 Å². The topological polar surface area (TPSA) is 73.2 Å². The first-order valence-electron chi connectivity index (χ1n) is 9.92. The second-order valence-corrected chi connectivity index (χ2v) is 8.99. The molecule has 0 saturated heterocycles. The van der Waals surface area contributed by atoms with E-state index in [9.17, 15) is 9.59 Å². The van der Waals surface area contributed by atoms with Crippen LogP contribution in [0.3, 0.4) is 0 Å². The summed E-state index contributed by atoms with van der Waals surface area (Å²) in [6, 6.07) is 1.90. The quantitative estimate of drug-likeness (QED) is 0.816. The summed E-state index contributed by atoms with van der Waals surface area (Å²) in [6.45, 7) is 5.65. The Kier molecular flexibility index (Phi) is 4.32. The first-order valence-corrected chi connectivity index (χ1v) is 9.92. The van der Waals surface area contributed by atoms with Gasteiger partial charge in [-0.15, -0.1) is 0 Å². The second-order valence-electron chi connectivity index (χ2n) is 8.99. The molecule has 4 aliphatic rings. The predicted molar refractivity (Wildman–Crippen MR) is 97.4 cm³/mol. The molecular formula is C20H29N3O3. The molecule has 5 rings (SSSR count). The Balaban J connectivity index is 1.40. The fourth-order valence-corrected chi connectivity index (χ4v) is 5.75. The molecule has 1 heterocycles. The predicted octanol–water partition coefficient (Wildman–Crippen LogP) is 3.55. The summed E-state index contributed by atoms with van der Waals surface area (Å²) in [5.41, 5.74) is -0.330. The molecule has 1 aromatic heterocycles. The first kappa shape index (κ1) is 17.6. The van der Waals surface area contributed by atoms with Crippen LogP contribution < -0.4 is 5.32 Å². The highest BCUT2D eigenvalue weighted by Crippen LogP contribution is 2.60. The van der Waals surface area contributed by atoms with Crippen LogP contribution in [-0.4, -0.2) is 27.8 Å². The number of anilines is 1. The van der Waals surface area contributed by atoms with E-state index in [0.717, 1.165) is 19.3 Å². The number of nitrogens with one attached hydrogen (secondary N) is 1. The van der Waals surface area contributed by atoms with Gasteiger partial charge in [-0.25, -0.2) is 4.68 Å². The monoisotopic (exact) mass is 359 g/mol. The third-order valence-electron chi connectivity index (χ3n) is 6.53. The van der Waals surface area contributed by atoms with E-state index < -0.39 is 6.10 Å². The van der Waals surface area contributed by atoms with E-state index in [0.29, 0.717) is 23.6 Å². The average Bonchev–Trinajstić information content (AvgIpc) is 3.01. The minimum atomic E-state index is -0.800. The summed E-state index contributed by atoms with van der Waals surface area (Å²) in [5.74, 6) is 2.21. The summed E-state index contributed by atoms with van der Waals surface area (Å²) in [4.78, 5) is 25.5. The number of hydrogen-bond acceptors (Lipinski definition) is 4. The van der Waals surface area contributed by atoms with E-state index in [2.05, 4.69) is 10.4 Å². The van der Waals surface area contributed by atoms with Crippen molar-refractivity contribution in [3.05, 3.63) is 12.3 Å². The van der Waals surface area contributed by atoms with Crippen LogP contribution in [0.15, 0.2) is 12.3 Å². The van der Waals surface area contributed by atoms with Gasteiger partial charge in [-0.2, -0.15) is 5.10 Å². The lowest BCUT2D eigenvalue weighted by atomic mass is 9.49. The Morgan fingerprint density at radius 2 is 1.73 bits per heavy atom. The number of hydrogen-bond donors (Lipinski definition) is 1. The lowest BCUT2D eigenvalue weighted by Gasteiger charge is -2.55. The molecule has 4 saturated carbocycles. The highest BCUT2D eigenvalue weighted by Gasteiger charge is 2.55. The van der Waals surface area contributed by atoms with Gasteiger partial charge in [-0.1, -0.05) is 0 Å². The molecule has 4 fully saturated rings. The minimum absolute atomic E-state index is 0.144. The molecule has 0 aliphatic heterocycles. The minimum Gasteiger partial charge on any atom is -0.452 e. The van der Waals surface area contributed by atoms with E-state index in [4.69, 9.17) is 4.74 Å². The molecule has 1 amide bonds. The van der Waals surface area contributed by atoms with Crippen molar-refractivity contribution in [1.82, 2.24) is 9.78 Å². The van der Waals surface area contributed by atoms with Crippen LogP contribution in [0.2, 0.25) is 0 Å². The largest absolute Gasteiger partial charge is 0.452 e. The first-order chi connectivity index (χ1) is 12.4. The van der Waals surface area contributed by atoms with Crippen molar-refractivity contribution in [2.24, 2.45) is 23.2 Å². The van der Waals surface area contributed by atoms with Gasteiger partial charge in [0.05, 0.1) is 11.6 Å². The van der Waals surface area contributed by atoms with E-state index in [1.54, 1.807) is 23.9 Å². The molecule has 6 heteroatoms. The van der Waals surface area contributed by atoms with Gasteiger partial charge in [0.25, 0.3) is 5.91 Å². The van der Waals surface area contributed by atoms with Gasteiger partial charge >= 0.3 is 5.97 Å². The van der Waals surface area contributed by atoms with Crippen molar-refractivity contribution in [2.75, 3.05) is 5.32 Å². The molecule has 4 bridgehead atoms. The van der Waals surface area contributed by atoms with Crippen molar-refractivity contribution < 1.29 is 14.3 Å². The lowest BCUT2D eigenvalue weighted by molar-refractivity contribution is -0.177. The highest BCUT2D eigenvalue weighted by molar-refractivity contribution is 5.94. The SMILES string of the molecule is CC(OC(=O)C12CC3CC(CC(C3)C1)C2)C(=O)Nc1ccnn1C(C)C. The van der Waals surface area contributed by atoms with Crippen molar-refractivity contribution in [2.45, 2.75) is 71.4 Å². The number of rotatable bonds is 5. The average molecular weight is 359 g/mol. The van der Waals surface area contributed by atoms with Gasteiger partial charge in [0, 0.05) is 12.1 Å². The molecule has 6 nitrogen and oxygen atoms in total. The van der Waals surface area contributed by atoms with E-state index in [-0.39, 0.29) is 23.3 Å². The third kappa shape index (κ3) is 3.03. The second kappa shape index (κ2) is 6.39. The van der Waals surface area contributed by atoms with Gasteiger partial charge in [0.2, 0.25) is 0 Å². The number of esters is 1. The molecule has 142 valence electrons. The Bertz CT molecular complexity index is 674. The van der Waals surface area contributed by atoms with Gasteiger partial charge in [0.1, 0.15) is 5.82 Å². The van der Waals surface area contributed by atoms with E-state index in [1.807, 2.05) is 13.8 Å². The summed E-state index contributed by atoms with van der Waals surface area (Å²) >= 11 is 0. The number of nitrogens with zero attached hydrogens (tertiary/aromatic N) is 2. The van der Waals surface area contributed by atoms with Gasteiger partial charge < -0.3 is 10.1 Å². The van der Waals surface area contributed by atoms with Crippen LogP contribution in [0, 0.1) is 23.2 Å². The maximum atomic E-state index is 13.0. The molecule has 0 aromatic carbocycles. The molecule has 1 aromatic rings. The van der Waals surface area contributed by atoms with Crippen molar-refractivity contribution >= 4 is 17.7 Å². The number of carbonyl (C=O) groups excluding carboxylic acids is 2. The third-order valence-corrected chi connectivity index (χ3v) is 6.53. The smallest absolute Gasteiger partial charge is 0.312 e. The van der Waals surface area contributed by atoms with Gasteiger partial charge in [0.15, 0.2) is 6.10 Å². The van der Waals surface area contributed by atoms with Crippen LogP contribution >= 0.6 is 0 Å². The molecule has 1 unspecified atom stereocenters. The summed E-state index contributed by atoms with van der Waals surface area (Å²) in [7, 11) is 0. The Morgan fingerprint density at radius 3 is 2.27 bits per heavy atom. The van der Waals surface area contributed by atoms with Crippen molar-refractivity contribution in [3.63, 3.8) is 0 Å². The van der Waals surface area contributed by atoms with Gasteiger partial charge in [-0.3, -0.25) is 9.59 Å². The maximum absolute atomic E-state index is 13.0. The zero-order valence-electron chi connectivity index (χ0n) is 15.9. The fourth-order valence-electron chi connectivity index (χ4n) is 5.75. The summed E-state index contributed by atoms with van der Waals surface area (Å²) < 4.78 is 7.41. The number of carbonyl (C=O) groups is 2. The molecule has 1 N–H and O–H groups in total. The zero-order chi connectivity index (χ0) is 18.5. The Hall–Kier alpha value is -1.85. The van der Waals surface area contributed by atoms with Crippen LogP contribution in [-0.2, 0) is 14.3 Å². The van der Waals surface area contributed by atoms with Gasteiger partial charge in [-0.05, 0) is 77.0 Å². The van der Waals surface area contributed by atoms with Crippen molar-refractivity contribution in [1.29, 1.82) is 0 Å². The van der Waals surface area contributed by atoms with Crippen LogP contribution in [0.25, 0.3) is 0 Å². The molecule has 26 heavy (non-hydrogen) atoms. The summed E-state index contributed by atoms with van der Waals surface area (Å²) in [6.07, 6.45) is 7.55. The zero-order valence-corrected chi connectivity index (χ0v) is 15.9. The number of ether oxygens (including phenoxy) is 1. The molecule has 1 atom stereocenters. The maximum Gasteiger partial charge on any atom is 0.312 e.